The molecular formula is C13H15N3O4. The van der Waals surface area contributed by atoms with Gasteiger partial charge in [-0.1, -0.05) is 0 Å². The van der Waals surface area contributed by atoms with E-state index in [1.54, 1.807) is 32.0 Å². The van der Waals surface area contributed by atoms with Crippen molar-refractivity contribution in [2.75, 3.05) is 12.4 Å². The largest absolute Gasteiger partial charge is 0.459 e. The number of aromatic nitrogens is 2. The van der Waals surface area contributed by atoms with Gasteiger partial charge in [-0.05, 0) is 32.0 Å². The van der Waals surface area contributed by atoms with Crippen LogP contribution in [0, 0.1) is 0 Å². The minimum Gasteiger partial charge on any atom is -0.459 e. The maximum Gasteiger partial charge on any atom is 0.413 e. The zero-order valence-electron chi connectivity index (χ0n) is 11.4. The smallest absolute Gasteiger partial charge is 0.413 e. The van der Waals surface area contributed by atoms with Gasteiger partial charge in [-0.25, -0.2) is 14.6 Å². The third-order valence-corrected chi connectivity index (χ3v) is 2.47. The molecule has 0 atom stereocenters. The Morgan fingerprint density at radius 1 is 1.35 bits per heavy atom. The van der Waals surface area contributed by atoms with Gasteiger partial charge in [0.15, 0.2) is 0 Å². The molecule has 1 aromatic carbocycles. The number of imidazole rings is 1. The number of rotatable bonds is 3. The third kappa shape index (κ3) is 3.05. The Hall–Kier alpha value is -2.57. The van der Waals surface area contributed by atoms with Gasteiger partial charge in [-0.2, -0.15) is 0 Å². The molecule has 0 unspecified atom stereocenters. The van der Waals surface area contributed by atoms with Crippen molar-refractivity contribution in [3.8, 4) is 0 Å². The summed E-state index contributed by atoms with van der Waals surface area (Å²) in [4.78, 5) is 29.9. The van der Waals surface area contributed by atoms with Crippen LogP contribution in [0.15, 0.2) is 18.2 Å². The normalized spacial score (nSPS) is 10.6. The molecule has 0 radical (unpaired) electrons. The Morgan fingerprint density at radius 2 is 2.10 bits per heavy atom. The zero-order chi connectivity index (χ0) is 14.7. The first-order chi connectivity index (χ1) is 9.49. The molecule has 0 aliphatic carbocycles. The van der Waals surface area contributed by atoms with Crippen LogP contribution in [0.2, 0.25) is 0 Å². The van der Waals surface area contributed by atoms with E-state index in [9.17, 15) is 9.59 Å². The fourth-order valence-electron chi connectivity index (χ4n) is 1.63. The number of fused-ring (bicyclic) bond motifs is 1. The van der Waals surface area contributed by atoms with Gasteiger partial charge in [-0.3, -0.25) is 5.32 Å². The summed E-state index contributed by atoms with van der Waals surface area (Å²) >= 11 is 0. The van der Waals surface area contributed by atoms with Crippen LogP contribution < -0.4 is 5.32 Å². The minimum atomic E-state index is -0.622. The van der Waals surface area contributed by atoms with E-state index >= 15 is 0 Å². The fourth-order valence-corrected chi connectivity index (χ4v) is 1.63. The summed E-state index contributed by atoms with van der Waals surface area (Å²) < 4.78 is 9.58. The molecule has 0 saturated heterocycles. The number of H-pyrrole nitrogens is 1. The number of amides is 1. The number of carbonyl (C=O) groups is 2. The minimum absolute atomic E-state index is 0.184. The predicted molar refractivity (Wildman–Crippen MR) is 72.7 cm³/mol. The zero-order valence-corrected chi connectivity index (χ0v) is 11.4. The van der Waals surface area contributed by atoms with E-state index < -0.39 is 12.1 Å². The Kier molecular flexibility index (Phi) is 3.88. The first kappa shape index (κ1) is 13.9. The molecule has 1 aromatic heterocycles. The van der Waals surface area contributed by atoms with Crippen LogP contribution >= 0.6 is 0 Å². The molecule has 7 nitrogen and oxygen atoms in total. The standard InChI is InChI=1S/C13H15N3O4/c1-7(2)20-11(17)8-4-5-9-10(6-8)15-12(14-9)16-13(18)19-3/h4-7H,1-3H3,(H2,14,15,16,18). The molecule has 0 fully saturated rings. The van der Waals surface area contributed by atoms with Crippen LogP contribution in [0.25, 0.3) is 11.0 Å². The SMILES string of the molecule is COC(=O)Nc1nc2ccc(C(=O)OC(C)C)cc2[nH]1. The number of esters is 1. The molecular weight excluding hydrogens is 262 g/mol. The highest BCUT2D eigenvalue weighted by atomic mass is 16.5. The van der Waals surface area contributed by atoms with Gasteiger partial charge in [-0.15, -0.1) is 0 Å². The van der Waals surface area contributed by atoms with E-state index in [0.717, 1.165) is 0 Å². The van der Waals surface area contributed by atoms with Crippen LogP contribution in [-0.4, -0.2) is 35.2 Å². The highest BCUT2D eigenvalue weighted by Crippen LogP contribution is 2.17. The summed E-state index contributed by atoms with van der Waals surface area (Å²) in [5.41, 5.74) is 1.66. The van der Waals surface area contributed by atoms with Gasteiger partial charge in [0.1, 0.15) is 0 Å². The molecule has 106 valence electrons. The third-order valence-electron chi connectivity index (χ3n) is 2.47. The van der Waals surface area contributed by atoms with E-state index in [0.29, 0.717) is 16.6 Å². The number of benzene rings is 1. The second kappa shape index (κ2) is 5.60. The number of anilines is 1. The van der Waals surface area contributed by atoms with Crippen molar-refractivity contribution in [1.82, 2.24) is 9.97 Å². The van der Waals surface area contributed by atoms with Crippen molar-refractivity contribution < 1.29 is 19.1 Å². The van der Waals surface area contributed by atoms with E-state index in [2.05, 4.69) is 20.0 Å². The van der Waals surface area contributed by atoms with E-state index in [1.165, 1.54) is 7.11 Å². The number of nitrogens with zero attached hydrogens (tertiary/aromatic N) is 1. The lowest BCUT2D eigenvalue weighted by molar-refractivity contribution is 0.0378. The molecule has 0 saturated carbocycles. The second-order valence-electron chi connectivity index (χ2n) is 4.39. The highest BCUT2D eigenvalue weighted by Gasteiger charge is 2.12. The summed E-state index contributed by atoms with van der Waals surface area (Å²) in [7, 11) is 1.26. The number of nitrogens with one attached hydrogen (secondary N) is 2. The van der Waals surface area contributed by atoms with Crippen LogP contribution in [0.1, 0.15) is 24.2 Å². The van der Waals surface area contributed by atoms with Crippen LogP contribution in [-0.2, 0) is 9.47 Å². The predicted octanol–water partition coefficient (Wildman–Crippen LogP) is 2.31. The molecule has 0 spiro atoms. The number of ether oxygens (including phenoxy) is 2. The van der Waals surface area contributed by atoms with E-state index in [1.807, 2.05) is 0 Å². The maximum absolute atomic E-state index is 11.8. The van der Waals surface area contributed by atoms with E-state index in [4.69, 9.17) is 4.74 Å². The number of hydrogen-bond donors (Lipinski definition) is 2. The van der Waals surface area contributed by atoms with Crippen molar-refractivity contribution in [3.63, 3.8) is 0 Å². The van der Waals surface area contributed by atoms with E-state index in [-0.39, 0.29) is 12.1 Å². The molecule has 2 N–H and O–H groups in total. The van der Waals surface area contributed by atoms with Crippen LogP contribution in [0.3, 0.4) is 0 Å². The van der Waals surface area contributed by atoms with Crippen molar-refractivity contribution >= 4 is 29.0 Å². The fraction of sp³-hybridized carbons (Fsp3) is 0.308. The number of carbonyl (C=O) groups excluding carboxylic acids is 2. The quantitative estimate of drug-likeness (QED) is 0.840. The topological polar surface area (TPSA) is 93.3 Å². The highest BCUT2D eigenvalue weighted by molar-refractivity contribution is 5.94. The van der Waals surface area contributed by atoms with Crippen LogP contribution in [0.4, 0.5) is 10.7 Å². The van der Waals surface area contributed by atoms with Gasteiger partial charge in [0.25, 0.3) is 0 Å². The van der Waals surface area contributed by atoms with Gasteiger partial charge in [0.05, 0.1) is 29.8 Å². The maximum atomic E-state index is 11.8. The monoisotopic (exact) mass is 277 g/mol. The first-order valence-electron chi connectivity index (χ1n) is 6.05. The van der Waals surface area contributed by atoms with Gasteiger partial charge < -0.3 is 14.5 Å². The van der Waals surface area contributed by atoms with Gasteiger partial charge in [0, 0.05) is 0 Å². The van der Waals surface area contributed by atoms with Crippen molar-refractivity contribution in [2.45, 2.75) is 20.0 Å². The summed E-state index contributed by atoms with van der Waals surface area (Å²) in [5.74, 6) is -0.153. The molecule has 7 heteroatoms. The number of hydrogen-bond acceptors (Lipinski definition) is 5. The molecule has 0 aliphatic rings. The first-order valence-corrected chi connectivity index (χ1v) is 6.05. The average Bonchev–Trinajstić information content (AvgIpc) is 2.78. The average molecular weight is 277 g/mol. The molecule has 2 rings (SSSR count). The molecule has 0 bridgehead atoms. The lowest BCUT2D eigenvalue weighted by atomic mass is 10.2. The second-order valence-corrected chi connectivity index (χ2v) is 4.39. The summed E-state index contributed by atoms with van der Waals surface area (Å²) in [6, 6.07) is 4.91. The van der Waals surface area contributed by atoms with Crippen molar-refractivity contribution in [2.24, 2.45) is 0 Å². The molecule has 20 heavy (non-hydrogen) atoms. The number of methoxy groups -OCH3 is 1. The lowest BCUT2D eigenvalue weighted by Gasteiger charge is -2.07. The Balaban J connectivity index is 2.25. The summed E-state index contributed by atoms with van der Waals surface area (Å²) in [5, 5.41) is 2.42. The molecule has 2 aromatic rings. The van der Waals surface area contributed by atoms with Gasteiger partial charge in [0.2, 0.25) is 5.95 Å². The Bertz CT molecular complexity index is 648. The number of aromatic amines is 1. The summed E-state index contributed by atoms with van der Waals surface area (Å²) in [6.07, 6.45) is -0.806. The Morgan fingerprint density at radius 3 is 2.75 bits per heavy atom. The van der Waals surface area contributed by atoms with Crippen molar-refractivity contribution in [1.29, 1.82) is 0 Å². The van der Waals surface area contributed by atoms with Crippen LogP contribution in [0.5, 0.6) is 0 Å². The Labute approximate surface area is 115 Å². The van der Waals surface area contributed by atoms with Crippen molar-refractivity contribution in [3.05, 3.63) is 23.8 Å². The molecule has 0 aliphatic heterocycles. The lowest BCUT2D eigenvalue weighted by Crippen LogP contribution is -2.11. The summed E-state index contributed by atoms with van der Waals surface area (Å²) in [6.45, 7) is 3.57. The molecule has 1 heterocycles. The molecule has 1 amide bonds. The van der Waals surface area contributed by atoms with Gasteiger partial charge >= 0.3 is 12.1 Å².